The molecule has 1 N–H and O–H groups in total. The van der Waals surface area contributed by atoms with E-state index in [0.717, 1.165) is 56.1 Å². The number of hydrogen-bond acceptors (Lipinski definition) is 4. The van der Waals surface area contributed by atoms with Gasteiger partial charge in [-0.25, -0.2) is 4.39 Å². The first-order valence-corrected chi connectivity index (χ1v) is 11.7. The number of carbonyl (C=O) groups excluding carboxylic acids is 1. The molecule has 1 saturated carbocycles. The van der Waals surface area contributed by atoms with Crippen LogP contribution in [0.3, 0.4) is 0 Å². The average molecular weight is 438 g/mol. The van der Waals surface area contributed by atoms with Crippen molar-refractivity contribution in [3.05, 3.63) is 58.9 Å². The summed E-state index contributed by atoms with van der Waals surface area (Å²) in [5.41, 5.74) is 2.75. The number of hydrogen-bond donors (Lipinski definition) is 1. The van der Waals surface area contributed by atoms with Gasteiger partial charge in [-0.15, -0.1) is 10.2 Å². The molecule has 2 heterocycles. The zero-order valence-electron chi connectivity index (χ0n) is 19.0. The summed E-state index contributed by atoms with van der Waals surface area (Å²) in [7, 11) is 0. The number of allylic oxidation sites excluding steroid dienone is 1. The Bertz CT molecular complexity index is 1040. The third-order valence-electron chi connectivity index (χ3n) is 7.88. The van der Waals surface area contributed by atoms with Crippen molar-refractivity contribution >= 4 is 5.91 Å². The quantitative estimate of drug-likeness (QED) is 0.706. The fourth-order valence-electron chi connectivity index (χ4n) is 5.70. The SMILES string of the molecule is CC1(C)[C@H]2CC=C(CN3CCc4nnc(CNC(=O)Cc5cccc(F)c5)n4CC3)[C@@H]1C2. The normalized spacial score (nSPS) is 24.2. The lowest BCUT2D eigenvalue weighted by molar-refractivity contribution is -0.120. The van der Waals surface area contributed by atoms with Gasteiger partial charge < -0.3 is 9.88 Å². The Balaban J connectivity index is 1.16. The fourth-order valence-corrected chi connectivity index (χ4v) is 5.70. The smallest absolute Gasteiger partial charge is 0.224 e. The molecule has 32 heavy (non-hydrogen) atoms. The molecular formula is C25H32FN5O. The van der Waals surface area contributed by atoms with Crippen molar-refractivity contribution in [2.45, 2.75) is 52.6 Å². The van der Waals surface area contributed by atoms with Crippen LogP contribution < -0.4 is 5.32 Å². The lowest BCUT2D eigenvalue weighted by Gasteiger charge is -2.57. The molecule has 1 aromatic carbocycles. The van der Waals surface area contributed by atoms with Gasteiger partial charge in [0.2, 0.25) is 5.91 Å². The number of rotatable bonds is 6. The van der Waals surface area contributed by atoms with Crippen molar-refractivity contribution in [2.75, 3.05) is 19.6 Å². The molecule has 4 aliphatic rings. The van der Waals surface area contributed by atoms with Crippen molar-refractivity contribution in [3.8, 4) is 0 Å². The van der Waals surface area contributed by atoms with E-state index in [1.54, 1.807) is 17.7 Å². The summed E-state index contributed by atoms with van der Waals surface area (Å²) in [5.74, 6) is 2.92. The van der Waals surface area contributed by atoms with Gasteiger partial charge in [-0.2, -0.15) is 0 Å². The van der Waals surface area contributed by atoms with E-state index in [-0.39, 0.29) is 18.1 Å². The van der Waals surface area contributed by atoms with Crippen LogP contribution in [0.5, 0.6) is 0 Å². The molecule has 0 spiro atoms. The van der Waals surface area contributed by atoms with Crippen LogP contribution >= 0.6 is 0 Å². The standard InChI is InChI=1S/C25H32FN5O/c1-25(2)19-7-6-18(21(25)14-19)16-30-9-8-22-28-29-23(31(22)11-10-30)15-27-24(32)13-17-4-3-5-20(26)12-17/h3-6,12,19,21H,7-11,13-16H2,1-2H3,(H,27,32)/t19-,21-/m0/s1. The van der Waals surface area contributed by atoms with Crippen LogP contribution in [0.4, 0.5) is 4.39 Å². The summed E-state index contributed by atoms with van der Waals surface area (Å²) in [5, 5.41) is 11.6. The number of benzene rings is 1. The minimum absolute atomic E-state index is 0.145. The number of nitrogens with one attached hydrogen (secondary N) is 1. The van der Waals surface area contributed by atoms with Crippen molar-refractivity contribution in [1.29, 1.82) is 0 Å². The Hall–Kier alpha value is -2.54. The zero-order chi connectivity index (χ0) is 22.3. The molecular weight excluding hydrogens is 405 g/mol. The lowest BCUT2D eigenvalue weighted by Crippen LogP contribution is -2.50. The number of fused-ring (bicyclic) bond motifs is 2. The van der Waals surface area contributed by atoms with Crippen LogP contribution in [0.2, 0.25) is 0 Å². The van der Waals surface area contributed by atoms with Crippen molar-refractivity contribution in [3.63, 3.8) is 0 Å². The van der Waals surface area contributed by atoms with E-state index in [0.29, 0.717) is 17.5 Å². The summed E-state index contributed by atoms with van der Waals surface area (Å²) in [6, 6.07) is 6.15. The largest absolute Gasteiger partial charge is 0.349 e. The Morgan fingerprint density at radius 3 is 2.91 bits per heavy atom. The van der Waals surface area contributed by atoms with E-state index in [9.17, 15) is 9.18 Å². The van der Waals surface area contributed by atoms with Crippen LogP contribution in [0.1, 0.15) is 43.9 Å². The van der Waals surface area contributed by atoms with Crippen LogP contribution in [0.15, 0.2) is 35.9 Å². The lowest BCUT2D eigenvalue weighted by atomic mass is 9.49. The minimum atomic E-state index is -0.327. The van der Waals surface area contributed by atoms with Crippen LogP contribution in [-0.2, 0) is 30.7 Å². The predicted octanol–water partition coefficient (Wildman–Crippen LogP) is 3.13. The molecule has 6 nitrogen and oxygen atoms in total. The highest BCUT2D eigenvalue weighted by atomic mass is 19.1. The molecule has 1 aromatic heterocycles. The van der Waals surface area contributed by atoms with Crippen LogP contribution in [0.25, 0.3) is 0 Å². The number of amides is 1. The Labute approximate surface area is 188 Å². The third-order valence-corrected chi connectivity index (χ3v) is 7.88. The molecule has 7 heteroatoms. The molecule has 2 atom stereocenters. The second-order valence-corrected chi connectivity index (χ2v) is 10.1. The maximum Gasteiger partial charge on any atom is 0.224 e. The first kappa shape index (κ1) is 21.3. The number of aromatic nitrogens is 3. The van der Waals surface area contributed by atoms with Gasteiger partial charge in [0, 0.05) is 32.6 Å². The molecule has 6 rings (SSSR count). The minimum Gasteiger partial charge on any atom is -0.349 e. The Morgan fingerprint density at radius 2 is 2.12 bits per heavy atom. The van der Waals surface area contributed by atoms with Gasteiger partial charge >= 0.3 is 0 Å². The van der Waals surface area contributed by atoms with E-state index >= 15 is 0 Å². The van der Waals surface area contributed by atoms with Crippen molar-refractivity contribution < 1.29 is 9.18 Å². The molecule has 1 fully saturated rings. The van der Waals surface area contributed by atoms with Crippen molar-refractivity contribution in [1.82, 2.24) is 25.0 Å². The summed E-state index contributed by atoms with van der Waals surface area (Å²) in [6.07, 6.45) is 6.11. The molecule has 0 saturated heterocycles. The van der Waals surface area contributed by atoms with E-state index in [1.807, 2.05) is 0 Å². The number of carbonyl (C=O) groups is 1. The fraction of sp³-hybridized carbons (Fsp3) is 0.560. The summed E-state index contributed by atoms with van der Waals surface area (Å²) >= 11 is 0. The Kier molecular flexibility index (Phi) is 5.61. The van der Waals surface area contributed by atoms with Gasteiger partial charge in [-0.3, -0.25) is 9.69 Å². The average Bonchev–Trinajstić information content (AvgIpc) is 3.04. The summed E-state index contributed by atoms with van der Waals surface area (Å²) in [6.45, 7) is 9.03. The van der Waals surface area contributed by atoms with Gasteiger partial charge in [-0.05, 0) is 47.8 Å². The Morgan fingerprint density at radius 1 is 1.25 bits per heavy atom. The van der Waals surface area contributed by atoms with E-state index in [2.05, 4.69) is 44.9 Å². The molecule has 3 aliphatic carbocycles. The highest BCUT2D eigenvalue weighted by molar-refractivity contribution is 5.78. The molecule has 1 amide bonds. The van der Waals surface area contributed by atoms with E-state index in [1.165, 1.54) is 25.0 Å². The molecule has 1 aliphatic heterocycles. The first-order chi connectivity index (χ1) is 15.4. The van der Waals surface area contributed by atoms with Gasteiger partial charge in [0.25, 0.3) is 0 Å². The van der Waals surface area contributed by atoms with Crippen molar-refractivity contribution in [2.24, 2.45) is 17.3 Å². The second kappa shape index (κ2) is 8.43. The van der Waals surface area contributed by atoms with Gasteiger partial charge in [0.15, 0.2) is 5.82 Å². The molecule has 170 valence electrons. The predicted molar refractivity (Wildman–Crippen MR) is 120 cm³/mol. The molecule has 0 radical (unpaired) electrons. The topological polar surface area (TPSA) is 63.1 Å². The number of nitrogens with zero attached hydrogens (tertiary/aromatic N) is 4. The van der Waals surface area contributed by atoms with Gasteiger partial charge in [0.05, 0.1) is 13.0 Å². The van der Waals surface area contributed by atoms with E-state index in [4.69, 9.17) is 0 Å². The monoisotopic (exact) mass is 437 g/mol. The van der Waals surface area contributed by atoms with Crippen LogP contribution in [0, 0.1) is 23.1 Å². The van der Waals surface area contributed by atoms with Gasteiger partial charge in [-0.1, -0.05) is 37.6 Å². The molecule has 2 bridgehead atoms. The molecule has 2 aromatic rings. The van der Waals surface area contributed by atoms with E-state index < -0.39 is 0 Å². The summed E-state index contributed by atoms with van der Waals surface area (Å²) < 4.78 is 15.5. The van der Waals surface area contributed by atoms with Gasteiger partial charge in [0.1, 0.15) is 11.6 Å². The summed E-state index contributed by atoms with van der Waals surface area (Å²) in [4.78, 5) is 14.9. The maximum atomic E-state index is 13.3. The molecule has 0 unspecified atom stereocenters. The number of halogens is 1. The third kappa shape index (κ3) is 4.10. The maximum absolute atomic E-state index is 13.3. The van der Waals surface area contributed by atoms with Crippen LogP contribution in [-0.4, -0.2) is 45.2 Å². The highest BCUT2D eigenvalue weighted by Gasteiger charge is 2.51. The first-order valence-electron chi connectivity index (χ1n) is 11.7. The second-order valence-electron chi connectivity index (χ2n) is 10.1. The zero-order valence-corrected chi connectivity index (χ0v) is 19.0. The highest BCUT2D eigenvalue weighted by Crippen LogP contribution is 2.59.